The third-order valence-corrected chi connectivity index (χ3v) is 4.20. The number of aryl methyl sites for hydroxylation is 1. The zero-order chi connectivity index (χ0) is 17.6. The maximum absolute atomic E-state index is 5.21. The molecule has 0 aliphatic heterocycles. The van der Waals surface area contributed by atoms with Gasteiger partial charge in [0.05, 0.1) is 7.11 Å². The highest BCUT2D eigenvalue weighted by atomic mass is 16.5. The van der Waals surface area contributed by atoms with Crippen LogP contribution < -0.4 is 4.74 Å². The van der Waals surface area contributed by atoms with E-state index in [-0.39, 0.29) is 6.04 Å². The Hall–Kier alpha value is -2.70. The Morgan fingerprint density at radius 3 is 2.64 bits per heavy atom. The number of methoxy groups -OCH3 is 1. The first-order valence-electron chi connectivity index (χ1n) is 8.62. The van der Waals surface area contributed by atoms with E-state index in [4.69, 9.17) is 14.8 Å². The summed E-state index contributed by atoms with van der Waals surface area (Å²) in [6.07, 6.45) is 6.14. The van der Waals surface area contributed by atoms with Crippen LogP contribution >= 0.6 is 0 Å². The van der Waals surface area contributed by atoms with Crippen LogP contribution in [0.15, 0.2) is 36.9 Å². The molecule has 0 spiro atoms. The largest absolute Gasteiger partial charge is 0.497 e. The van der Waals surface area contributed by atoms with Gasteiger partial charge in [-0.2, -0.15) is 10.2 Å². The van der Waals surface area contributed by atoms with Gasteiger partial charge in [0.15, 0.2) is 11.6 Å². The standard InChI is InChI=1S/C18H24N6O/c1-4-5-10-23-18(14(2)24-13-19-12-20-24)21-17(22-23)11-15-6-8-16(25-3)9-7-15/h6-9,12-14H,4-5,10-11H2,1-3H3/t14-/m0/s1. The SMILES string of the molecule is CCCCn1nc(Cc2ccc(OC)cc2)nc1[C@H](C)n1cncn1. The Labute approximate surface area is 147 Å². The second kappa shape index (κ2) is 7.92. The number of nitrogens with zero attached hydrogens (tertiary/aromatic N) is 6. The van der Waals surface area contributed by atoms with Gasteiger partial charge in [-0.25, -0.2) is 19.3 Å². The molecule has 2 aromatic heterocycles. The van der Waals surface area contributed by atoms with Crippen molar-refractivity contribution in [2.45, 2.75) is 45.7 Å². The van der Waals surface area contributed by atoms with Gasteiger partial charge in [0.1, 0.15) is 24.4 Å². The van der Waals surface area contributed by atoms with Gasteiger partial charge in [-0.15, -0.1) is 0 Å². The quantitative estimate of drug-likeness (QED) is 0.630. The predicted molar refractivity (Wildman–Crippen MR) is 94.6 cm³/mol. The van der Waals surface area contributed by atoms with Gasteiger partial charge in [0.25, 0.3) is 0 Å². The molecule has 0 unspecified atom stereocenters. The van der Waals surface area contributed by atoms with Crippen molar-refractivity contribution in [3.63, 3.8) is 0 Å². The molecule has 0 radical (unpaired) electrons. The van der Waals surface area contributed by atoms with Gasteiger partial charge >= 0.3 is 0 Å². The number of rotatable bonds is 8. The molecule has 3 aromatic rings. The maximum atomic E-state index is 5.21. The summed E-state index contributed by atoms with van der Waals surface area (Å²) in [6, 6.07) is 8.01. The normalized spacial score (nSPS) is 12.3. The van der Waals surface area contributed by atoms with Crippen molar-refractivity contribution in [3.8, 4) is 5.75 Å². The molecule has 3 rings (SSSR count). The molecule has 0 aliphatic carbocycles. The van der Waals surface area contributed by atoms with Gasteiger partial charge in [-0.1, -0.05) is 25.5 Å². The molecule has 0 aliphatic rings. The highest BCUT2D eigenvalue weighted by Crippen LogP contribution is 2.18. The van der Waals surface area contributed by atoms with E-state index in [2.05, 4.69) is 23.9 Å². The summed E-state index contributed by atoms with van der Waals surface area (Å²) >= 11 is 0. The molecule has 2 heterocycles. The number of unbranched alkanes of at least 4 members (excludes halogenated alkanes) is 1. The molecule has 25 heavy (non-hydrogen) atoms. The third-order valence-electron chi connectivity index (χ3n) is 4.20. The summed E-state index contributed by atoms with van der Waals surface area (Å²) in [7, 11) is 1.67. The molecule has 0 N–H and O–H groups in total. The maximum Gasteiger partial charge on any atom is 0.155 e. The summed E-state index contributed by atoms with van der Waals surface area (Å²) in [5, 5.41) is 8.97. The lowest BCUT2D eigenvalue weighted by molar-refractivity contribution is 0.414. The molecular weight excluding hydrogens is 316 g/mol. The van der Waals surface area contributed by atoms with Crippen molar-refractivity contribution in [2.75, 3.05) is 7.11 Å². The fourth-order valence-corrected chi connectivity index (χ4v) is 2.72. The number of hydrogen-bond acceptors (Lipinski definition) is 5. The second-order valence-corrected chi connectivity index (χ2v) is 6.04. The van der Waals surface area contributed by atoms with E-state index < -0.39 is 0 Å². The molecule has 1 atom stereocenters. The van der Waals surface area contributed by atoms with Crippen LogP contribution in [0.1, 0.15) is 49.9 Å². The number of hydrogen-bond donors (Lipinski definition) is 0. The molecule has 132 valence electrons. The summed E-state index contributed by atoms with van der Waals surface area (Å²) in [6.45, 7) is 5.11. The van der Waals surface area contributed by atoms with Crippen LogP contribution in [0.25, 0.3) is 0 Å². The Morgan fingerprint density at radius 2 is 2.00 bits per heavy atom. The smallest absolute Gasteiger partial charge is 0.155 e. The Balaban J connectivity index is 1.84. The first kappa shape index (κ1) is 17.1. The topological polar surface area (TPSA) is 70.7 Å². The molecule has 0 fully saturated rings. The van der Waals surface area contributed by atoms with Crippen molar-refractivity contribution in [1.29, 1.82) is 0 Å². The molecule has 7 nitrogen and oxygen atoms in total. The predicted octanol–water partition coefficient (Wildman–Crippen LogP) is 2.88. The highest BCUT2D eigenvalue weighted by molar-refractivity contribution is 5.28. The van der Waals surface area contributed by atoms with Crippen LogP contribution in [-0.2, 0) is 13.0 Å². The van der Waals surface area contributed by atoms with Crippen molar-refractivity contribution >= 4 is 0 Å². The first-order valence-corrected chi connectivity index (χ1v) is 8.62. The van der Waals surface area contributed by atoms with Crippen molar-refractivity contribution in [2.24, 2.45) is 0 Å². The summed E-state index contributed by atoms with van der Waals surface area (Å²) in [4.78, 5) is 8.82. The van der Waals surface area contributed by atoms with Gasteiger partial charge in [0.2, 0.25) is 0 Å². The number of benzene rings is 1. The van der Waals surface area contributed by atoms with E-state index in [0.29, 0.717) is 6.42 Å². The summed E-state index contributed by atoms with van der Waals surface area (Å²) in [5.41, 5.74) is 1.16. The molecule has 0 saturated carbocycles. The molecule has 0 saturated heterocycles. The Morgan fingerprint density at radius 1 is 1.20 bits per heavy atom. The van der Waals surface area contributed by atoms with E-state index >= 15 is 0 Å². The van der Waals surface area contributed by atoms with Crippen molar-refractivity contribution < 1.29 is 4.74 Å². The van der Waals surface area contributed by atoms with Crippen LogP contribution in [-0.4, -0.2) is 36.6 Å². The zero-order valence-electron chi connectivity index (χ0n) is 15.0. The summed E-state index contributed by atoms with van der Waals surface area (Å²) < 4.78 is 9.03. The molecular formula is C18H24N6O. The minimum Gasteiger partial charge on any atom is -0.497 e. The lowest BCUT2D eigenvalue weighted by atomic mass is 10.1. The minimum absolute atomic E-state index is 0.00327. The lowest BCUT2D eigenvalue weighted by Gasteiger charge is -2.12. The average Bonchev–Trinajstić information content (AvgIpc) is 3.30. The summed E-state index contributed by atoms with van der Waals surface area (Å²) in [5.74, 6) is 2.59. The number of aromatic nitrogens is 6. The van der Waals surface area contributed by atoms with Crippen molar-refractivity contribution in [1.82, 2.24) is 29.5 Å². The number of ether oxygens (including phenoxy) is 1. The lowest BCUT2D eigenvalue weighted by Crippen LogP contribution is -2.15. The average molecular weight is 340 g/mol. The van der Waals surface area contributed by atoms with E-state index in [9.17, 15) is 0 Å². The van der Waals surface area contributed by atoms with E-state index in [1.54, 1.807) is 19.8 Å². The van der Waals surface area contributed by atoms with E-state index in [0.717, 1.165) is 42.3 Å². The molecule has 0 amide bonds. The first-order chi connectivity index (χ1) is 12.2. The van der Waals surface area contributed by atoms with Crippen molar-refractivity contribution in [3.05, 3.63) is 54.1 Å². The molecule has 0 bridgehead atoms. The van der Waals surface area contributed by atoms with Crippen LogP contribution in [0.5, 0.6) is 5.75 Å². The zero-order valence-corrected chi connectivity index (χ0v) is 15.0. The third kappa shape index (κ3) is 4.04. The molecule has 1 aromatic carbocycles. The monoisotopic (exact) mass is 340 g/mol. The second-order valence-electron chi connectivity index (χ2n) is 6.04. The van der Waals surface area contributed by atoms with Gasteiger partial charge in [-0.05, 0) is 31.0 Å². The van der Waals surface area contributed by atoms with Gasteiger partial charge in [0, 0.05) is 13.0 Å². The fraction of sp³-hybridized carbons (Fsp3) is 0.444. The van der Waals surface area contributed by atoms with Gasteiger partial charge < -0.3 is 4.74 Å². The van der Waals surface area contributed by atoms with E-state index in [1.807, 2.05) is 33.6 Å². The Bertz CT molecular complexity index is 779. The Kier molecular flexibility index (Phi) is 5.42. The molecule has 7 heteroatoms. The van der Waals surface area contributed by atoms with Crippen LogP contribution in [0.3, 0.4) is 0 Å². The van der Waals surface area contributed by atoms with E-state index in [1.165, 1.54) is 0 Å². The van der Waals surface area contributed by atoms with Crippen LogP contribution in [0.2, 0.25) is 0 Å². The fourth-order valence-electron chi connectivity index (χ4n) is 2.72. The van der Waals surface area contributed by atoms with Crippen LogP contribution in [0.4, 0.5) is 0 Å². The van der Waals surface area contributed by atoms with Crippen LogP contribution in [0, 0.1) is 0 Å². The minimum atomic E-state index is -0.00327. The van der Waals surface area contributed by atoms with Gasteiger partial charge in [-0.3, -0.25) is 0 Å². The highest BCUT2D eigenvalue weighted by Gasteiger charge is 2.18.